The normalized spacial score (nSPS) is 13.3. The van der Waals surface area contributed by atoms with E-state index in [0.29, 0.717) is 18.4 Å². The third-order valence-corrected chi connectivity index (χ3v) is 4.71. The summed E-state index contributed by atoms with van der Waals surface area (Å²) < 4.78 is 2.19. The molecule has 2 rings (SSSR count). The zero-order chi connectivity index (χ0) is 16.7. The molecule has 6 heteroatoms. The summed E-state index contributed by atoms with van der Waals surface area (Å²) in [6.45, 7) is 9.17. The fourth-order valence-corrected chi connectivity index (χ4v) is 3.16. The van der Waals surface area contributed by atoms with E-state index >= 15 is 0 Å². The Morgan fingerprint density at radius 2 is 2.17 bits per heavy atom. The van der Waals surface area contributed by atoms with E-state index in [9.17, 15) is 0 Å². The number of nitrogens with one attached hydrogen (secondary N) is 2. The van der Waals surface area contributed by atoms with Gasteiger partial charge in [-0.15, -0.1) is 11.3 Å². The number of hydrogen-bond acceptors (Lipinski definition) is 3. The second-order valence-corrected chi connectivity index (χ2v) is 7.09. The maximum atomic E-state index is 4.43. The number of nitrogens with zero attached hydrogens (tertiary/aromatic N) is 3. The smallest absolute Gasteiger partial charge is 0.191 e. The summed E-state index contributed by atoms with van der Waals surface area (Å²) in [5.41, 5.74) is 0. The molecule has 0 aliphatic heterocycles. The second-order valence-electron chi connectivity index (χ2n) is 6.11. The van der Waals surface area contributed by atoms with E-state index in [4.69, 9.17) is 0 Å². The Labute approximate surface area is 142 Å². The summed E-state index contributed by atoms with van der Waals surface area (Å²) in [6, 6.07) is 4.27. The molecule has 0 fully saturated rings. The Bertz CT molecular complexity index is 600. The van der Waals surface area contributed by atoms with Crippen molar-refractivity contribution in [3.8, 4) is 0 Å². The Hall–Kier alpha value is -1.82. The van der Waals surface area contributed by atoms with Crippen LogP contribution in [-0.2, 0) is 13.1 Å². The molecule has 0 amide bonds. The molecule has 0 aliphatic carbocycles. The lowest BCUT2D eigenvalue weighted by Gasteiger charge is -2.16. The third kappa shape index (κ3) is 5.39. The number of thiophene rings is 1. The lowest BCUT2D eigenvalue weighted by molar-refractivity contribution is 0.503. The zero-order valence-corrected chi connectivity index (χ0v) is 15.2. The molecule has 2 aromatic rings. The van der Waals surface area contributed by atoms with Gasteiger partial charge >= 0.3 is 0 Å². The minimum absolute atomic E-state index is 0.469. The van der Waals surface area contributed by atoms with Gasteiger partial charge < -0.3 is 15.2 Å². The van der Waals surface area contributed by atoms with Gasteiger partial charge in [-0.1, -0.05) is 26.8 Å². The summed E-state index contributed by atoms with van der Waals surface area (Å²) >= 11 is 1.80. The van der Waals surface area contributed by atoms with Crippen LogP contribution < -0.4 is 10.6 Å². The summed E-state index contributed by atoms with van der Waals surface area (Å²) in [7, 11) is 1.80. The lowest BCUT2D eigenvalue weighted by atomic mass is 10.1. The van der Waals surface area contributed by atoms with Gasteiger partial charge in [-0.05, 0) is 17.4 Å². The highest BCUT2D eigenvalue weighted by molar-refractivity contribution is 7.10. The first-order valence-electron chi connectivity index (χ1n) is 8.08. The molecule has 0 spiro atoms. The minimum Gasteiger partial charge on any atom is -0.356 e. The predicted molar refractivity (Wildman–Crippen MR) is 98.0 cm³/mol. The Kier molecular flexibility index (Phi) is 6.65. The molecule has 2 heterocycles. The molecule has 1 unspecified atom stereocenters. The van der Waals surface area contributed by atoms with Crippen LogP contribution in [0.3, 0.4) is 0 Å². The molecule has 2 aromatic heterocycles. The number of aliphatic imine (C=N–C) groups is 1. The fourth-order valence-electron chi connectivity index (χ4n) is 2.37. The van der Waals surface area contributed by atoms with Crippen molar-refractivity contribution in [1.82, 2.24) is 20.2 Å². The van der Waals surface area contributed by atoms with Crippen LogP contribution in [0.5, 0.6) is 0 Å². The van der Waals surface area contributed by atoms with Crippen LogP contribution in [0.2, 0.25) is 0 Å². The molecule has 2 N–H and O–H groups in total. The van der Waals surface area contributed by atoms with Crippen LogP contribution in [0.4, 0.5) is 0 Å². The van der Waals surface area contributed by atoms with Crippen molar-refractivity contribution < 1.29 is 0 Å². The highest BCUT2D eigenvalue weighted by Gasteiger charge is 2.09. The zero-order valence-electron chi connectivity index (χ0n) is 14.4. The SMILES string of the molecule is CN=C(NCc1nccn1CC(C)C)NCC(C)c1cccs1. The van der Waals surface area contributed by atoms with Gasteiger partial charge in [0.2, 0.25) is 0 Å². The first-order chi connectivity index (χ1) is 11.1. The molecular formula is C17H27N5S. The molecule has 0 aliphatic rings. The first kappa shape index (κ1) is 17.5. The summed E-state index contributed by atoms with van der Waals surface area (Å²) in [5, 5.41) is 8.85. The number of aromatic nitrogens is 2. The van der Waals surface area contributed by atoms with Crippen molar-refractivity contribution in [1.29, 1.82) is 0 Å². The minimum atomic E-state index is 0.469. The van der Waals surface area contributed by atoms with Crippen LogP contribution in [0.25, 0.3) is 0 Å². The van der Waals surface area contributed by atoms with Crippen molar-refractivity contribution in [2.45, 2.75) is 39.8 Å². The maximum Gasteiger partial charge on any atom is 0.191 e. The molecule has 5 nitrogen and oxygen atoms in total. The molecule has 0 radical (unpaired) electrons. The fraction of sp³-hybridized carbons (Fsp3) is 0.529. The second kappa shape index (κ2) is 8.72. The first-order valence-corrected chi connectivity index (χ1v) is 8.96. The molecule has 0 saturated heterocycles. The average Bonchev–Trinajstić information content (AvgIpc) is 3.18. The number of hydrogen-bond donors (Lipinski definition) is 2. The Morgan fingerprint density at radius 1 is 1.35 bits per heavy atom. The van der Waals surface area contributed by atoms with Crippen LogP contribution in [0, 0.1) is 5.92 Å². The summed E-state index contributed by atoms with van der Waals surface area (Å²) in [5.74, 6) is 2.92. The van der Waals surface area contributed by atoms with Gasteiger partial charge in [0.25, 0.3) is 0 Å². The predicted octanol–water partition coefficient (Wildman–Crippen LogP) is 3.07. The molecular weight excluding hydrogens is 306 g/mol. The van der Waals surface area contributed by atoms with E-state index < -0.39 is 0 Å². The van der Waals surface area contributed by atoms with Gasteiger partial charge in [-0.3, -0.25) is 4.99 Å². The van der Waals surface area contributed by atoms with E-state index in [1.807, 2.05) is 12.4 Å². The number of guanidine groups is 1. The van der Waals surface area contributed by atoms with Crippen molar-refractivity contribution in [3.05, 3.63) is 40.6 Å². The number of imidazole rings is 1. The quantitative estimate of drug-likeness (QED) is 0.605. The van der Waals surface area contributed by atoms with Crippen molar-refractivity contribution in [2.24, 2.45) is 10.9 Å². The Morgan fingerprint density at radius 3 is 2.83 bits per heavy atom. The van der Waals surface area contributed by atoms with E-state index in [2.05, 4.69) is 63.5 Å². The molecule has 0 saturated carbocycles. The topological polar surface area (TPSA) is 54.2 Å². The maximum absolute atomic E-state index is 4.43. The van der Waals surface area contributed by atoms with Crippen LogP contribution in [-0.4, -0.2) is 29.1 Å². The summed E-state index contributed by atoms with van der Waals surface area (Å²) in [6.07, 6.45) is 3.89. The molecule has 23 heavy (non-hydrogen) atoms. The lowest BCUT2D eigenvalue weighted by Crippen LogP contribution is -2.39. The standard InChI is InChI=1S/C17H27N5S/c1-13(2)12-22-8-7-19-16(22)11-21-17(18-4)20-10-14(3)15-6-5-9-23-15/h5-9,13-14H,10-12H2,1-4H3,(H2,18,20,21). The third-order valence-electron chi connectivity index (χ3n) is 3.61. The highest BCUT2D eigenvalue weighted by Crippen LogP contribution is 2.19. The van der Waals surface area contributed by atoms with Crippen LogP contribution >= 0.6 is 11.3 Å². The number of rotatable bonds is 7. The highest BCUT2D eigenvalue weighted by atomic mass is 32.1. The van der Waals surface area contributed by atoms with Crippen molar-refractivity contribution >= 4 is 17.3 Å². The van der Waals surface area contributed by atoms with Gasteiger partial charge in [0.05, 0.1) is 6.54 Å². The van der Waals surface area contributed by atoms with E-state index in [1.165, 1.54) is 4.88 Å². The molecule has 0 bridgehead atoms. The molecule has 126 valence electrons. The van der Waals surface area contributed by atoms with Gasteiger partial charge in [0.15, 0.2) is 5.96 Å². The van der Waals surface area contributed by atoms with Gasteiger partial charge in [0, 0.05) is 43.3 Å². The van der Waals surface area contributed by atoms with E-state index in [0.717, 1.165) is 24.9 Å². The van der Waals surface area contributed by atoms with Gasteiger partial charge in [-0.25, -0.2) is 4.98 Å². The Balaban J connectivity index is 1.82. The largest absolute Gasteiger partial charge is 0.356 e. The monoisotopic (exact) mass is 333 g/mol. The van der Waals surface area contributed by atoms with Crippen molar-refractivity contribution in [2.75, 3.05) is 13.6 Å². The van der Waals surface area contributed by atoms with E-state index in [1.54, 1.807) is 18.4 Å². The van der Waals surface area contributed by atoms with Gasteiger partial charge in [-0.2, -0.15) is 0 Å². The van der Waals surface area contributed by atoms with Crippen LogP contribution in [0.1, 0.15) is 37.4 Å². The van der Waals surface area contributed by atoms with E-state index in [-0.39, 0.29) is 0 Å². The molecule has 1 atom stereocenters. The molecule has 0 aromatic carbocycles. The van der Waals surface area contributed by atoms with Crippen LogP contribution in [0.15, 0.2) is 34.9 Å². The average molecular weight is 334 g/mol. The summed E-state index contributed by atoms with van der Waals surface area (Å²) in [4.78, 5) is 10.1. The van der Waals surface area contributed by atoms with Gasteiger partial charge in [0.1, 0.15) is 5.82 Å². The van der Waals surface area contributed by atoms with Crippen molar-refractivity contribution in [3.63, 3.8) is 0 Å².